The molecule has 0 fully saturated rings. The number of carbonyl (C=O) groups excluding carboxylic acids is 1. The van der Waals surface area contributed by atoms with Gasteiger partial charge in [0.25, 0.3) is 5.91 Å². The second-order valence-electron chi connectivity index (χ2n) is 12.0. The number of rotatable bonds is 14. The highest BCUT2D eigenvalue weighted by Gasteiger charge is 2.25. The van der Waals surface area contributed by atoms with Crippen LogP contribution in [0.2, 0.25) is 5.02 Å². The number of aromatic carboxylic acids is 1. The van der Waals surface area contributed by atoms with Crippen molar-refractivity contribution in [2.24, 2.45) is 0 Å². The number of anilines is 3. The highest BCUT2D eigenvalue weighted by molar-refractivity contribution is 6.30. The summed E-state index contributed by atoms with van der Waals surface area (Å²) in [7, 11) is 0. The van der Waals surface area contributed by atoms with Crippen LogP contribution in [0, 0.1) is 21.7 Å². The van der Waals surface area contributed by atoms with Crippen molar-refractivity contribution in [2.45, 2.75) is 25.7 Å². The van der Waals surface area contributed by atoms with Crippen molar-refractivity contribution in [2.75, 3.05) is 23.7 Å². The molecule has 17 heteroatoms. The Morgan fingerprint density at radius 2 is 1.67 bits per heavy atom. The number of benzene rings is 4. The molecular formula is C37H29ClF2N6O8. The fourth-order valence-corrected chi connectivity index (χ4v) is 5.87. The predicted octanol–water partition coefficient (Wildman–Crippen LogP) is 7.74. The summed E-state index contributed by atoms with van der Waals surface area (Å²) in [5.74, 6) is -4.84. The van der Waals surface area contributed by atoms with Gasteiger partial charge in [0.2, 0.25) is 17.2 Å². The molecule has 14 nitrogen and oxygen atoms in total. The van der Waals surface area contributed by atoms with E-state index in [0.717, 1.165) is 36.5 Å². The molecule has 3 aromatic carbocycles. The van der Waals surface area contributed by atoms with Gasteiger partial charge in [-0.2, -0.15) is 4.98 Å². The number of nitrogens with one attached hydrogen (secondary N) is 3. The molecule has 0 saturated heterocycles. The molecule has 6 rings (SSSR count). The van der Waals surface area contributed by atoms with E-state index in [0.29, 0.717) is 42.9 Å². The van der Waals surface area contributed by atoms with Crippen LogP contribution in [0.1, 0.15) is 46.4 Å². The number of fused-ring (bicyclic) bond motifs is 2. The van der Waals surface area contributed by atoms with Crippen molar-refractivity contribution in [3.8, 4) is 28.2 Å². The Morgan fingerprint density at radius 3 is 2.39 bits per heavy atom. The summed E-state index contributed by atoms with van der Waals surface area (Å²) in [5, 5.41) is 40.8. The highest BCUT2D eigenvalue weighted by atomic mass is 35.5. The van der Waals surface area contributed by atoms with Crippen LogP contribution in [0.5, 0.6) is 5.75 Å². The number of phenols is 1. The number of aromatic nitrogens is 2. The zero-order chi connectivity index (χ0) is 38.5. The molecule has 0 saturated carbocycles. The molecule has 276 valence electrons. The topological polar surface area (TPSA) is 210 Å². The first-order valence-corrected chi connectivity index (χ1v) is 16.8. The summed E-state index contributed by atoms with van der Waals surface area (Å²) < 4.78 is 34.6. The third-order valence-corrected chi connectivity index (χ3v) is 8.62. The SMILES string of the molecule is O=C(NCCCCCCNc1nc(Nc2ccc(Cl)cc2)ncc1[N+](=O)[O-])c1ccc(-c2c3cc(F)c(=O)cc-3oc3cc(O)c(F)cc23)c(C(=O)O)c1. The average Bonchev–Trinajstić information content (AvgIpc) is 3.14. The number of hydrogen-bond donors (Lipinski definition) is 5. The third-order valence-electron chi connectivity index (χ3n) is 8.37. The van der Waals surface area contributed by atoms with Crippen LogP contribution in [0.3, 0.4) is 0 Å². The number of carboxylic acids is 1. The Labute approximate surface area is 308 Å². The minimum absolute atomic E-state index is 0.00284. The van der Waals surface area contributed by atoms with E-state index in [4.69, 9.17) is 16.0 Å². The Hall–Kier alpha value is -6.68. The summed E-state index contributed by atoms with van der Waals surface area (Å²) in [6.07, 6.45) is 3.74. The van der Waals surface area contributed by atoms with E-state index >= 15 is 0 Å². The maximum atomic E-state index is 14.5. The smallest absolute Gasteiger partial charge is 0.336 e. The van der Waals surface area contributed by atoms with Gasteiger partial charge in [0.15, 0.2) is 17.4 Å². The van der Waals surface area contributed by atoms with Crippen LogP contribution in [-0.2, 0) is 0 Å². The van der Waals surface area contributed by atoms with E-state index in [9.17, 15) is 43.5 Å². The minimum Gasteiger partial charge on any atom is -0.505 e. The molecule has 5 N–H and O–H groups in total. The molecule has 0 bridgehead atoms. The molecule has 1 aromatic heterocycles. The first-order chi connectivity index (χ1) is 25.9. The van der Waals surface area contributed by atoms with Gasteiger partial charge < -0.3 is 30.6 Å². The molecule has 54 heavy (non-hydrogen) atoms. The van der Waals surface area contributed by atoms with Crippen LogP contribution in [0.25, 0.3) is 33.4 Å². The van der Waals surface area contributed by atoms with Crippen molar-refractivity contribution < 1.29 is 37.9 Å². The van der Waals surface area contributed by atoms with Crippen molar-refractivity contribution in [1.29, 1.82) is 0 Å². The first kappa shape index (κ1) is 37.1. The second-order valence-corrected chi connectivity index (χ2v) is 12.5. The van der Waals surface area contributed by atoms with Crippen LogP contribution < -0.4 is 21.4 Å². The summed E-state index contributed by atoms with van der Waals surface area (Å²) in [6.45, 7) is 0.649. The zero-order valence-corrected chi connectivity index (χ0v) is 28.7. The van der Waals surface area contributed by atoms with Gasteiger partial charge in [0.1, 0.15) is 17.5 Å². The number of hydrogen-bond acceptors (Lipinski definition) is 11. The van der Waals surface area contributed by atoms with E-state index in [-0.39, 0.29) is 68.5 Å². The first-order valence-electron chi connectivity index (χ1n) is 16.4. The van der Waals surface area contributed by atoms with E-state index in [1.54, 1.807) is 24.3 Å². The summed E-state index contributed by atoms with van der Waals surface area (Å²) >= 11 is 5.91. The number of nitrogens with zero attached hydrogens (tertiary/aromatic N) is 3. The molecule has 0 unspecified atom stereocenters. The van der Waals surface area contributed by atoms with Crippen LogP contribution in [0.4, 0.5) is 31.9 Å². The molecule has 1 aliphatic heterocycles. The van der Waals surface area contributed by atoms with Crippen molar-refractivity contribution >= 4 is 57.6 Å². The molecule has 0 atom stereocenters. The Balaban J connectivity index is 1.07. The van der Waals surface area contributed by atoms with E-state index in [1.807, 2.05) is 0 Å². The molecule has 4 aromatic rings. The van der Waals surface area contributed by atoms with E-state index < -0.39 is 39.6 Å². The van der Waals surface area contributed by atoms with Gasteiger partial charge in [0, 0.05) is 58.0 Å². The number of unbranched alkanes of at least 4 members (excludes halogenated alkanes) is 3. The Bertz CT molecular complexity index is 2440. The lowest BCUT2D eigenvalue weighted by Gasteiger charge is -2.17. The fraction of sp³-hybridized carbons (Fsp3) is 0.162. The molecule has 0 spiro atoms. The maximum absolute atomic E-state index is 14.5. The van der Waals surface area contributed by atoms with Crippen LogP contribution in [-0.4, -0.2) is 50.1 Å². The number of halogens is 3. The highest BCUT2D eigenvalue weighted by Crippen LogP contribution is 2.43. The standard InChI is InChI=1S/C37H29ClF2N6O8/c38-20-6-8-21(9-7-20)44-37-43-18-28(46(52)53)34(45-37)41-11-3-1-2-4-12-42-35(49)19-5-10-22(23(13-19)36(50)51)33-24-14-26(39)29(47)16-31(24)54-32-17-30(48)27(40)15-25(32)33/h5-10,13-18,47H,1-4,11-12H2,(H,42,49)(H,50,51)(H2,41,43,44,45). The van der Waals surface area contributed by atoms with Crippen LogP contribution in [0.15, 0.2) is 82.1 Å². The third kappa shape index (κ3) is 8.18. The number of nitro groups is 1. The molecule has 1 amide bonds. The van der Waals surface area contributed by atoms with Crippen molar-refractivity contribution in [3.63, 3.8) is 0 Å². The molecule has 0 radical (unpaired) electrons. The lowest BCUT2D eigenvalue weighted by atomic mass is 9.89. The van der Waals surface area contributed by atoms with Gasteiger partial charge in [-0.15, -0.1) is 0 Å². The largest absolute Gasteiger partial charge is 0.505 e. The van der Waals surface area contributed by atoms with E-state index in [2.05, 4.69) is 25.9 Å². The predicted molar refractivity (Wildman–Crippen MR) is 196 cm³/mol. The fourth-order valence-electron chi connectivity index (χ4n) is 5.75. The average molecular weight is 759 g/mol. The van der Waals surface area contributed by atoms with Gasteiger partial charge in [0.05, 0.1) is 10.5 Å². The monoisotopic (exact) mass is 758 g/mol. The van der Waals surface area contributed by atoms with Crippen molar-refractivity contribution in [1.82, 2.24) is 15.3 Å². The zero-order valence-electron chi connectivity index (χ0n) is 28.0. The van der Waals surface area contributed by atoms with Crippen LogP contribution >= 0.6 is 11.6 Å². The minimum atomic E-state index is -1.43. The lowest BCUT2D eigenvalue weighted by Crippen LogP contribution is -2.24. The Morgan fingerprint density at radius 1 is 0.926 bits per heavy atom. The van der Waals surface area contributed by atoms with Gasteiger partial charge in [-0.1, -0.05) is 30.5 Å². The molecule has 2 aliphatic rings. The number of carbonyl (C=O) groups is 2. The number of phenolic OH excluding ortho intramolecular Hbond substituents is 1. The Kier molecular flexibility index (Phi) is 10.9. The maximum Gasteiger partial charge on any atom is 0.336 e. The number of amides is 1. The quantitative estimate of drug-likeness (QED) is 0.0313. The van der Waals surface area contributed by atoms with Crippen molar-refractivity contribution in [3.05, 3.63) is 121 Å². The second kappa shape index (κ2) is 15.9. The molecule has 1 aliphatic carbocycles. The molecular weight excluding hydrogens is 730 g/mol. The lowest BCUT2D eigenvalue weighted by molar-refractivity contribution is -0.384. The summed E-state index contributed by atoms with van der Waals surface area (Å²) in [5.41, 5.74) is -1.07. The number of carboxylic acid groups (broad SMARTS) is 1. The van der Waals surface area contributed by atoms with E-state index in [1.165, 1.54) is 12.1 Å². The normalized spacial score (nSPS) is 11.1. The summed E-state index contributed by atoms with van der Waals surface area (Å²) in [4.78, 5) is 56.7. The number of aromatic hydroxyl groups is 1. The molecule has 2 heterocycles. The summed E-state index contributed by atoms with van der Waals surface area (Å²) in [6, 6.07) is 14.2. The van der Waals surface area contributed by atoms with Gasteiger partial charge >= 0.3 is 11.7 Å². The van der Waals surface area contributed by atoms with Gasteiger partial charge in [-0.25, -0.2) is 18.6 Å². The van der Waals surface area contributed by atoms with Gasteiger partial charge in [-0.3, -0.25) is 19.7 Å². The van der Waals surface area contributed by atoms with Gasteiger partial charge in [-0.05, 0) is 66.9 Å².